The predicted octanol–water partition coefficient (Wildman–Crippen LogP) is 6.33. The van der Waals surface area contributed by atoms with Crippen LogP contribution < -0.4 is 20.1 Å². The van der Waals surface area contributed by atoms with E-state index in [1.54, 1.807) is 41.7 Å². The van der Waals surface area contributed by atoms with E-state index in [0.29, 0.717) is 83.2 Å². The first-order valence-corrected chi connectivity index (χ1v) is 20.2. The molecule has 1 aromatic heterocycles. The van der Waals surface area contributed by atoms with Crippen LogP contribution in [-0.2, 0) is 28.5 Å². The molecule has 0 spiro atoms. The van der Waals surface area contributed by atoms with Crippen molar-refractivity contribution in [1.29, 1.82) is 0 Å². The number of thiophene rings is 1. The molecule has 1 atom stereocenters. The first kappa shape index (κ1) is 41.3. The zero-order valence-corrected chi connectivity index (χ0v) is 33.3. The minimum atomic E-state index is -1.02. The number of rotatable bonds is 21. The number of fused-ring (bicyclic) bond motifs is 2. The fourth-order valence-electron chi connectivity index (χ4n) is 6.68. The van der Waals surface area contributed by atoms with Gasteiger partial charge >= 0.3 is 0 Å². The highest BCUT2D eigenvalue weighted by atomic mass is 32.1. The number of benzene rings is 4. The van der Waals surface area contributed by atoms with Crippen LogP contribution in [0.4, 0.5) is 5.69 Å². The fourth-order valence-corrected chi connectivity index (χ4v) is 7.85. The Bertz CT molecular complexity index is 2280. The summed E-state index contributed by atoms with van der Waals surface area (Å²) < 4.78 is 35.6. The van der Waals surface area contributed by atoms with Crippen LogP contribution in [0.15, 0.2) is 84.9 Å². The van der Waals surface area contributed by atoms with Crippen molar-refractivity contribution < 1.29 is 52.7 Å². The SMILES string of the molecule is Cc1ccc(-c2sc3cc(O)ccc3c2Oc2ccc(OCCOCCOCCOCCOCCNc3cccc4c3C(=O)N(C3CCC(=O)NC3=O)C4=O)cc2)cc1. The molecule has 1 fully saturated rings. The number of phenolic OH excluding ortho intramolecular Hbond substituents is 1. The summed E-state index contributed by atoms with van der Waals surface area (Å²) >= 11 is 1.58. The average molecular weight is 824 g/mol. The molecular formula is C44H45N3O11S. The summed E-state index contributed by atoms with van der Waals surface area (Å²) in [5.74, 6) is 0.154. The molecule has 0 aliphatic carbocycles. The second kappa shape index (κ2) is 19.7. The third kappa shape index (κ3) is 10.2. The minimum absolute atomic E-state index is 0.0621. The molecule has 2 aliphatic heterocycles. The standard InChI is InChI=1S/C44H45N3O11S/c1-28-5-7-29(8-6-28)41-40(33-14-9-30(48)27-37(33)59-41)58-32-12-10-31(11-13-32)57-26-25-56-24-23-55-22-21-54-20-19-53-18-17-45-35-4-2-3-34-39(35)44(52)47(43(34)51)36-15-16-38(49)46-42(36)50/h2-14,27,36,45,48H,15-26H2,1H3,(H,46,49,50). The average Bonchev–Trinajstić information content (AvgIpc) is 3.71. The lowest BCUT2D eigenvalue weighted by atomic mass is 10.0. The number of ether oxygens (including phenoxy) is 6. The van der Waals surface area contributed by atoms with Gasteiger partial charge in [0.15, 0.2) is 5.75 Å². The number of piperidine rings is 1. The monoisotopic (exact) mass is 823 g/mol. The highest BCUT2D eigenvalue weighted by Gasteiger charge is 2.45. The van der Waals surface area contributed by atoms with E-state index in [-0.39, 0.29) is 29.7 Å². The van der Waals surface area contributed by atoms with Crippen LogP contribution in [0, 0.1) is 6.92 Å². The van der Waals surface area contributed by atoms with Crippen molar-refractivity contribution in [3.8, 4) is 33.4 Å². The van der Waals surface area contributed by atoms with E-state index in [0.717, 1.165) is 31.2 Å². The lowest BCUT2D eigenvalue weighted by Gasteiger charge is -2.27. The Balaban J connectivity index is 0.717. The van der Waals surface area contributed by atoms with Gasteiger partial charge in [-0.3, -0.25) is 29.4 Å². The minimum Gasteiger partial charge on any atom is -0.508 e. The molecule has 0 bridgehead atoms. The molecule has 14 nitrogen and oxygen atoms in total. The normalized spacial score (nSPS) is 15.1. The van der Waals surface area contributed by atoms with Gasteiger partial charge in [-0.2, -0.15) is 0 Å². The molecule has 0 saturated carbocycles. The summed E-state index contributed by atoms with van der Waals surface area (Å²) in [6.45, 7) is 5.94. The number of carbonyl (C=O) groups excluding carboxylic acids is 4. The molecule has 3 N–H and O–H groups in total. The number of aromatic hydroxyl groups is 1. The van der Waals surface area contributed by atoms with Crippen LogP contribution in [0.3, 0.4) is 0 Å². The van der Waals surface area contributed by atoms with Gasteiger partial charge < -0.3 is 38.8 Å². The number of hydrogen-bond acceptors (Lipinski definition) is 13. The van der Waals surface area contributed by atoms with Crippen molar-refractivity contribution in [1.82, 2.24) is 10.2 Å². The number of carbonyl (C=O) groups is 4. The highest BCUT2D eigenvalue weighted by Crippen LogP contribution is 2.47. The summed E-state index contributed by atoms with van der Waals surface area (Å²) in [5, 5.41) is 16.3. The first-order valence-electron chi connectivity index (χ1n) is 19.4. The number of nitrogens with one attached hydrogen (secondary N) is 2. The van der Waals surface area contributed by atoms with Gasteiger partial charge in [0.25, 0.3) is 11.8 Å². The van der Waals surface area contributed by atoms with Crippen LogP contribution in [0.1, 0.15) is 39.1 Å². The molecule has 15 heteroatoms. The molecule has 308 valence electrons. The Morgan fingerprint density at radius 1 is 0.763 bits per heavy atom. The fraction of sp³-hybridized carbons (Fsp3) is 0.318. The van der Waals surface area contributed by atoms with Gasteiger partial charge in [-0.25, -0.2) is 0 Å². The quantitative estimate of drug-likeness (QED) is 0.0556. The van der Waals surface area contributed by atoms with E-state index in [2.05, 4.69) is 41.8 Å². The predicted molar refractivity (Wildman–Crippen MR) is 221 cm³/mol. The third-order valence-corrected chi connectivity index (χ3v) is 10.8. The summed E-state index contributed by atoms with van der Waals surface area (Å²) in [6, 6.07) is 25.0. The number of imide groups is 2. The van der Waals surface area contributed by atoms with E-state index < -0.39 is 29.7 Å². The molecule has 7 rings (SSSR count). The second-order valence-electron chi connectivity index (χ2n) is 13.8. The number of aryl methyl sites for hydroxylation is 1. The Kier molecular flexibility index (Phi) is 13.8. The van der Waals surface area contributed by atoms with E-state index in [9.17, 15) is 24.3 Å². The van der Waals surface area contributed by atoms with E-state index in [4.69, 9.17) is 28.4 Å². The molecule has 59 heavy (non-hydrogen) atoms. The van der Waals surface area contributed by atoms with Crippen molar-refractivity contribution >= 4 is 50.7 Å². The first-order chi connectivity index (χ1) is 28.8. The molecule has 3 heterocycles. The number of anilines is 1. The van der Waals surface area contributed by atoms with Gasteiger partial charge in [-0.05, 0) is 73.5 Å². The Hall–Kier alpha value is -5.84. The number of hydrogen-bond donors (Lipinski definition) is 3. The van der Waals surface area contributed by atoms with Crippen molar-refractivity contribution in [3.63, 3.8) is 0 Å². The molecule has 1 unspecified atom stereocenters. The summed E-state index contributed by atoms with van der Waals surface area (Å²) in [6.07, 6.45) is 0.162. The molecule has 1 saturated heterocycles. The maximum atomic E-state index is 13.2. The molecule has 5 aromatic rings. The summed E-state index contributed by atoms with van der Waals surface area (Å²) in [7, 11) is 0. The lowest BCUT2D eigenvalue weighted by Crippen LogP contribution is -2.54. The Morgan fingerprint density at radius 2 is 1.42 bits per heavy atom. The van der Waals surface area contributed by atoms with Crippen LogP contribution in [-0.4, -0.2) is 106 Å². The largest absolute Gasteiger partial charge is 0.508 e. The van der Waals surface area contributed by atoms with Gasteiger partial charge in [0.2, 0.25) is 11.8 Å². The number of amides is 4. The van der Waals surface area contributed by atoms with Crippen LogP contribution >= 0.6 is 11.3 Å². The van der Waals surface area contributed by atoms with E-state index in [1.807, 2.05) is 30.3 Å². The number of phenols is 1. The van der Waals surface area contributed by atoms with Crippen molar-refractivity contribution in [2.24, 2.45) is 0 Å². The van der Waals surface area contributed by atoms with Gasteiger partial charge in [0, 0.05) is 28.7 Å². The van der Waals surface area contributed by atoms with Gasteiger partial charge in [-0.1, -0.05) is 35.9 Å². The van der Waals surface area contributed by atoms with Crippen LogP contribution in [0.5, 0.6) is 23.0 Å². The second-order valence-corrected chi connectivity index (χ2v) is 14.8. The Morgan fingerprint density at radius 3 is 2.12 bits per heavy atom. The molecule has 0 radical (unpaired) electrons. The molecular weight excluding hydrogens is 779 g/mol. The van der Waals surface area contributed by atoms with Crippen LogP contribution in [0.2, 0.25) is 0 Å². The van der Waals surface area contributed by atoms with E-state index in [1.165, 1.54) is 5.56 Å². The van der Waals surface area contributed by atoms with Crippen molar-refractivity contribution in [3.05, 3.63) is 102 Å². The zero-order valence-electron chi connectivity index (χ0n) is 32.5. The van der Waals surface area contributed by atoms with Gasteiger partial charge in [-0.15, -0.1) is 11.3 Å². The lowest BCUT2D eigenvalue weighted by molar-refractivity contribution is -0.136. The zero-order chi connectivity index (χ0) is 41.1. The summed E-state index contributed by atoms with van der Waals surface area (Å²) in [5.41, 5.74) is 3.12. The maximum absolute atomic E-state index is 13.2. The van der Waals surface area contributed by atoms with Gasteiger partial charge in [0.05, 0.1) is 68.9 Å². The number of nitrogens with zero attached hydrogens (tertiary/aromatic N) is 1. The topological polar surface area (TPSA) is 171 Å². The molecule has 2 aliphatic rings. The smallest absolute Gasteiger partial charge is 0.264 e. The summed E-state index contributed by atoms with van der Waals surface area (Å²) in [4.78, 5) is 52.0. The van der Waals surface area contributed by atoms with Crippen molar-refractivity contribution in [2.75, 3.05) is 71.3 Å². The molecule has 4 aromatic carbocycles. The van der Waals surface area contributed by atoms with Crippen molar-refractivity contribution in [2.45, 2.75) is 25.8 Å². The Labute approximate surface area is 344 Å². The van der Waals surface area contributed by atoms with E-state index >= 15 is 0 Å². The maximum Gasteiger partial charge on any atom is 0.264 e. The third-order valence-electron chi connectivity index (χ3n) is 9.63. The van der Waals surface area contributed by atoms with Gasteiger partial charge in [0.1, 0.15) is 29.9 Å². The molecule has 4 amide bonds. The van der Waals surface area contributed by atoms with Crippen LogP contribution in [0.25, 0.3) is 20.5 Å². The highest BCUT2D eigenvalue weighted by molar-refractivity contribution is 7.22.